The number of benzene rings is 1. The number of nitrogens with one attached hydrogen (secondary N) is 1. The van der Waals surface area contributed by atoms with Crippen molar-refractivity contribution in [2.75, 3.05) is 7.05 Å². The summed E-state index contributed by atoms with van der Waals surface area (Å²) in [4.78, 5) is 12.9. The van der Waals surface area contributed by atoms with Gasteiger partial charge >= 0.3 is 12.2 Å². The molecule has 1 aromatic rings. The summed E-state index contributed by atoms with van der Waals surface area (Å²) in [5.41, 5.74) is -0.629. The molecule has 0 radical (unpaired) electrons. The molecule has 0 heterocycles. The maximum atomic E-state index is 12.8. The number of alkyl halides is 3. The molecule has 1 aromatic carbocycles. The Bertz CT molecular complexity index is 444. The third-order valence-corrected chi connectivity index (χ3v) is 2.49. The van der Waals surface area contributed by atoms with E-state index in [2.05, 4.69) is 5.32 Å². The fourth-order valence-electron chi connectivity index (χ4n) is 1.62. The largest absolute Gasteiger partial charge is 0.416 e. The van der Waals surface area contributed by atoms with Crippen molar-refractivity contribution in [1.29, 1.82) is 0 Å². The van der Waals surface area contributed by atoms with Crippen molar-refractivity contribution in [3.63, 3.8) is 0 Å². The zero-order chi connectivity index (χ0) is 14.6. The Morgan fingerprint density at radius 1 is 1.32 bits per heavy atom. The van der Waals surface area contributed by atoms with Gasteiger partial charge in [-0.3, -0.25) is 0 Å². The Labute approximate surface area is 110 Å². The van der Waals surface area contributed by atoms with Gasteiger partial charge in [-0.25, -0.2) is 4.79 Å². The van der Waals surface area contributed by atoms with Gasteiger partial charge in [-0.1, -0.05) is 18.2 Å². The van der Waals surface area contributed by atoms with Crippen LogP contribution in [0.4, 0.5) is 18.0 Å². The summed E-state index contributed by atoms with van der Waals surface area (Å²) in [6, 6.07) is 4.80. The lowest BCUT2D eigenvalue weighted by molar-refractivity contribution is -0.138. The van der Waals surface area contributed by atoms with Crippen LogP contribution in [0.25, 0.3) is 0 Å². The number of hydrogen-bond acceptors (Lipinski definition) is 1. The summed E-state index contributed by atoms with van der Waals surface area (Å²) in [5.74, 6) is 0. The number of urea groups is 1. The van der Waals surface area contributed by atoms with Gasteiger partial charge in [-0.2, -0.15) is 13.2 Å². The van der Waals surface area contributed by atoms with Gasteiger partial charge in [0.15, 0.2) is 0 Å². The van der Waals surface area contributed by atoms with Crippen molar-refractivity contribution in [3.8, 4) is 0 Å². The van der Waals surface area contributed by atoms with Crippen LogP contribution in [0.5, 0.6) is 0 Å². The minimum atomic E-state index is -4.41. The third kappa shape index (κ3) is 4.46. The van der Waals surface area contributed by atoms with Crippen molar-refractivity contribution in [2.24, 2.45) is 0 Å². The molecule has 6 heteroatoms. The second-order valence-corrected chi connectivity index (χ2v) is 4.62. The first-order chi connectivity index (χ1) is 8.71. The Kier molecular flexibility index (Phi) is 4.80. The minimum absolute atomic E-state index is 0.0622. The van der Waals surface area contributed by atoms with Gasteiger partial charge in [0.05, 0.1) is 5.56 Å². The molecule has 0 saturated carbocycles. The van der Waals surface area contributed by atoms with Crippen LogP contribution in [-0.4, -0.2) is 24.0 Å². The van der Waals surface area contributed by atoms with Crippen molar-refractivity contribution in [3.05, 3.63) is 35.4 Å². The molecule has 106 valence electrons. The molecule has 0 atom stereocenters. The number of halogens is 3. The number of hydrogen-bond donors (Lipinski definition) is 1. The Morgan fingerprint density at radius 2 is 1.89 bits per heavy atom. The predicted molar refractivity (Wildman–Crippen MR) is 66.6 cm³/mol. The van der Waals surface area contributed by atoms with E-state index in [-0.39, 0.29) is 18.2 Å². The predicted octanol–water partition coefficient (Wildman–Crippen LogP) is 3.26. The van der Waals surface area contributed by atoms with Gasteiger partial charge in [0.25, 0.3) is 0 Å². The number of carbonyl (C=O) groups excluding carboxylic acids is 1. The lowest BCUT2D eigenvalue weighted by Crippen LogP contribution is -2.40. The summed E-state index contributed by atoms with van der Waals surface area (Å²) >= 11 is 0. The first-order valence-electron chi connectivity index (χ1n) is 5.88. The van der Waals surface area contributed by atoms with Crippen LogP contribution < -0.4 is 5.32 Å². The molecule has 0 saturated heterocycles. The smallest absolute Gasteiger partial charge is 0.336 e. The number of nitrogens with zero attached hydrogens (tertiary/aromatic N) is 1. The second-order valence-electron chi connectivity index (χ2n) is 4.62. The summed E-state index contributed by atoms with van der Waals surface area (Å²) in [7, 11) is 1.46. The lowest BCUT2D eigenvalue weighted by Gasteiger charge is -2.21. The molecule has 1 N–H and O–H groups in total. The van der Waals surface area contributed by atoms with Crippen molar-refractivity contribution in [2.45, 2.75) is 32.6 Å². The van der Waals surface area contributed by atoms with E-state index < -0.39 is 17.8 Å². The van der Waals surface area contributed by atoms with Crippen molar-refractivity contribution < 1.29 is 18.0 Å². The maximum Gasteiger partial charge on any atom is 0.416 e. The average Bonchev–Trinajstić information content (AvgIpc) is 2.27. The lowest BCUT2D eigenvalue weighted by atomic mass is 10.1. The van der Waals surface area contributed by atoms with Gasteiger partial charge in [-0.15, -0.1) is 0 Å². The Morgan fingerprint density at radius 3 is 2.42 bits per heavy atom. The number of rotatable bonds is 3. The van der Waals surface area contributed by atoms with Gasteiger partial charge < -0.3 is 10.2 Å². The standard InChI is InChI=1S/C13H17F3N2O/c1-9(2)17-12(19)18(3)8-10-6-4-5-7-11(10)13(14,15)16/h4-7,9H,8H2,1-3H3,(H,17,19). The molecule has 0 aromatic heterocycles. The third-order valence-electron chi connectivity index (χ3n) is 2.49. The highest BCUT2D eigenvalue weighted by atomic mass is 19.4. The van der Waals surface area contributed by atoms with Crippen molar-refractivity contribution >= 4 is 6.03 Å². The number of amides is 2. The highest BCUT2D eigenvalue weighted by molar-refractivity contribution is 5.74. The van der Waals surface area contributed by atoms with Gasteiger partial charge in [0.2, 0.25) is 0 Å². The number of carbonyl (C=O) groups is 1. The van der Waals surface area contributed by atoms with Gasteiger partial charge in [0, 0.05) is 19.6 Å². The molecule has 19 heavy (non-hydrogen) atoms. The first-order valence-corrected chi connectivity index (χ1v) is 5.88. The van der Waals surface area contributed by atoms with Crippen LogP contribution in [0.3, 0.4) is 0 Å². The normalized spacial score (nSPS) is 11.5. The van der Waals surface area contributed by atoms with E-state index in [1.54, 1.807) is 13.8 Å². The Balaban J connectivity index is 2.85. The SMILES string of the molecule is CC(C)NC(=O)N(C)Cc1ccccc1C(F)(F)F. The van der Waals surface area contributed by atoms with E-state index >= 15 is 0 Å². The molecule has 0 aliphatic carbocycles. The van der Waals surface area contributed by atoms with E-state index in [1.807, 2.05) is 0 Å². The van der Waals surface area contributed by atoms with E-state index in [0.717, 1.165) is 6.07 Å². The molecule has 0 fully saturated rings. The van der Waals surface area contributed by atoms with Gasteiger partial charge in [0.1, 0.15) is 0 Å². The fourth-order valence-corrected chi connectivity index (χ4v) is 1.62. The van der Waals surface area contributed by atoms with Crippen LogP contribution in [-0.2, 0) is 12.7 Å². The molecular formula is C13H17F3N2O. The zero-order valence-electron chi connectivity index (χ0n) is 11.1. The van der Waals surface area contributed by atoms with Crippen molar-refractivity contribution in [1.82, 2.24) is 10.2 Å². The van der Waals surface area contributed by atoms with E-state index in [4.69, 9.17) is 0 Å². The van der Waals surface area contributed by atoms with E-state index in [0.29, 0.717) is 0 Å². The van der Waals surface area contributed by atoms with Crippen LogP contribution in [0.15, 0.2) is 24.3 Å². The average molecular weight is 274 g/mol. The van der Waals surface area contributed by atoms with Crippen LogP contribution in [0.1, 0.15) is 25.0 Å². The highest BCUT2D eigenvalue weighted by Crippen LogP contribution is 2.32. The molecule has 3 nitrogen and oxygen atoms in total. The first kappa shape index (κ1) is 15.3. The fraction of sp³-hybridized carbons (Fsp3) is 0.462. The molecule has 2 amide bonds. The summed E-state index contributed by atoms with van der Waals surface area (Å²) in [5, 5.41) is 2.63. The maximum absolute atomic E-state index is 12.8. The molecule has 0 unspecified atom stereocenters. The quantitative estimate of drug-likeness (QED) is 0.901. The highest BCUT2D eigenvalue weighted by Gasteiger charge is 2.33. The molecular weight excluding hydrogens is 257 g/mol. The molecule has 0 aliphatic rings. The van der Waals surface area contributed by atoms with Crippen LogP contribution in [0.2, 0.25) is 0 Å². The van der Waals surface area contributed by atoms with Crippen LogP contribution >= 0.6 is 0 Å². The summed E-state index contributed by atoms with van der Waals surface area (Å²) in [6.45, 7) is 3.49. The van der Waals surface area contributed by atoms with E-state index in [9.17, 15) is 18.0 Å². The van der Waals surface area contributed by atoms with E-state index in [1.165, 1.54) is 30.1 Å². The molecule has 0 aliphatic heterocycles. The monoisotopic (exact) mass is 274 g/mol. The molecule has 0 bridgehead atoms. The Hall–Kier alpha value is -1.72. The summed E-state index contributed by atoms with van der Waals surface area (Å²) in [6.07, 6.45) is -4.41. The minimum Gasteiger partial charge on any atom is -0.336 e. The second kappa shape index (κ2) is 5.95. The summed E-state index contributed by atoms with van der Waals surface area (Å²) < 4.78 is 38.4. The topological polar surface area (TPSA) is 32.3 Å². The van der Waals surface area contributed by atoms with Gasteiger partial charge in [-0.05, 0) is 25.5 Å². The molecule has 0 spiro atoms. The molecule has 1 rings (SSSR count). The zero-order valence-corrected chi connectivity index (χ0v) is 11.1. The van der Waals surface area contributed by atoms with Crippen LogP contribution in [0, 0.1) is 0 Å².